The smallest absolute Gasteiger partial charge is 0.326 e. The highest BCUT2D eigenvalue weighted by Gasteiger charge is 2.29. The van der Waals surface area contributed by atoms with Gasteiger partial charge in [0.15, 0.2) is 0 Å². The minimum absolute atomic E-state index is 0.0919. The molecule has 7 heteroatoms. The molecule has 0 aromatic rings. The molecule has 0 saturated heterocycles. The number of carbonyl (C=O) groups excluding carboxylic acids is 2. The summed E-state index contributed by atoms with van der Waals surface area (Å²) in [6, 6.07) is -0.782. The molecular formula is C34H61NO6. The lowest BCUT2D eigenvalue weighted by Gasteiger charge is -2.28. The highest BCUT2D eigenvalue weighted by atomic mass is 16.4. The number of nitrogens with one attached hydrogen (secondary N) is 1. The van der Waals surface area contributed by atoms with E-state index in [1.807, 2.05) is 6.92 Å². The number of hydrogen-bond acceptors (Lipinski definition) is 4. The lowest BCUT2D eigenvalue weighted by molar-refractivity contribution is -0.143. The van der Waals surface area contributed by atoms with Gasteiger partial charge in [0, 0.05) is 25.2 Å². The van der Waals surface area contributed by atoms with E-state index < -0.39 is 18.0 Å². The van der Waals surface area contributed by atoms with E-state index in [0.717, 1.165) is 64.2 Å². The van der Waals surface area contributed by atoms with Gasteiger partial charge in [0.25, 0.3) is 0 Å². The predicted octanol–water partition coefficient (Wildman–Crippen LogP) is 8.62. The van der Waals surface area contributed by atoms with Gasteiger partial charge in [-0.2, -0.15) is 0 Å². The van der Waals surface area contributed by atoms with Crippen molar-refractivity contribution >= 4 is 23.6 Å². The van der Waals surface area contributed by atoms with Crippen LogP contribution in [0.4, 0.5) is 0 Å². The van der Waals surface area contributed by atoms with E-state index in [1.165, 1.54) is 77.0 Å². The summed E-state index contributed by atoms with van der Waals surface area (Å²) in [7, 11) is 0. The molecule has 0 radical (unpaired) electrons. The summed E-state index contributed by atoms with van der Waals surface area (Å²) in [6.07, 6.45) is 26.8. The number of hydrogen-bond donors (Lipinski definition) is 3. The summed E-state index contributed by atoms with van der Waals surface area (Å²) in [6.45, 7) is 1.92. The molecule has 0 bridgehead atoms. The van der Waals surface area contributed by atoms with Crippen molar-refractivity contribution < 1.29 is 29.4 Å². The molecule has 238 valence electrons. The lowest BCUT2D eigenvalue weighted by Crippen LogP contribution is -2.44. The molecule has 3 N–H and O–H groups in total. The first-order valence-corrected chi connectivity index (χ1v) is 17.1. The van der Waals surface area contributed by atoms with Crippen molar-refractivity contribution in [3.05, 3.63) is 0 Å². The van der Waals surface area contributed by atoms with Crippen LogP contribution in [0.2, 0.25) is 0 Å². The molecule has 1 aliphatic rings. The topological polar surface area (TPSA) is 121 Å². The third-order valence-corrected chi connectivity index (χ3v) is 8.84. The van der Waals surface area contributed by atoms with Crippen LogP contribution < -0.4 is 5.32 Å². The largest absolute Gasteiger partial charge is 0.481 e. The maximum Gasteiger partial charge on any atom is 0.326 e. The van der Waals surface area contributed by atoms with Crippen LogP contribution in [-0.2, 0) is 19.2 Å². The number of carboxylic acids is 2. The molecule has 0 heterocycles. The van der Waals surface area contributed by atoms with Gasteiger partial charge in [-0.15, -0.1) is 0 Å². The molecule has 0 aliphatic heterocycles. The summed E-state index contributed by atoms with van der Waals surface area (Å²) in [4.78, 5) is 46.6. The third kappa shape index (κ3) is 20.6. The second kappa shape index (κ2) is 24.7. The first kappa shape index (κ1) is 37.1. The zero-order chi connectivity index (χ0) is 30.1. The molecular weight excluding hydrogens is 518 g/mol. The fourth-order valence-electron chi connectivity index (χ4n) is 6.11. The fraction of sp³-hybridized carbons (Fsp3) is 0.882. The summed E-state index contributed by atoms with van der Waals surface area (Å²) in [5.74, 6) is -0.954. The predicted molar refractivity (Wildman–Crippen MR) is 165 cm³/mol. The van der Waals surface area contributed by atoms with E-state index >= 15 is 0 Å². The van der Waals surface area contributed by atoms with Crippen molar-refractivity contribution in [2.75, 3.05) is 0 Å². The highest BCUT2D eigenvalue weighted by molar-refractivity contribution is 5.85. The van der Waals surface area contributed by atoms with Gasteiger partial charge in [0.2, 0.25) is 5.91 Å². The average Bonchev–Trinajstić information content (AvgIpc) is 2.95. The Balaban J connectivity index is 1.89. The zero-order valence-corrected chi connectivity index (χ0v) is 26.1. The van der Waals surface area contributed by atoms with Crippen LogP contribution in [0.3, 0.4) is 0 Å². The number of unbranched alkanes of at least 4 members (excludes halogenated alkanes) is 15. The molecule has 0 aromatic carbocycles. The molecule has 1 aliphatic carbocycles. The Labute approximate surface area is 250 Å². The Morgan fingerprint density at radius 3 is 1.49 bits per heavy atom. The van der Waals surface area contributed by atoms with Crippen LogP contribution in [-0.4, -0.2) is 39.9 Å². The molecule has 1 rings (SSSR count). The number of carbonyl (C=O) groups is 4. The Morgan fingerprint density at radius 2 is 1.07 bits per heavy atom. The third-order valence-electron chi connectivity index (χ3n) is 8.84. The second-order valence-electron chi connectivity index (χ2n) is 12.5. The quantitative estimate of drug-likeness (QED) is 0.0838. The minimum Gasteiger partial charge on any atom is -0.481 e. The Kier molecular flexibility index (Phi) is 22.3. The first-order valence-electron chi connectivity index (χ1n) is 17.1. The Morgan fingerprint density at radius 1 is 0.634 bits per heavy atom. The molecule has 0 spiro atoms. The van der Waals surface area contributed by atoms with Crippen molar-refractivity contribution in [1.29, 1.82) is 0 Å². The number of rotatable bonds is 27. The SMILES string of the molecule is CCCC(NC(=O)C1CCC(CCC(=O)CCCCCCCCCCCCCCCCCCC(=O)O)CC1)C(=O)O. The van der Waals surface area contributed by atoms with E-state index in [0.29, 0.717) is 37.4 Å². The second-order valence-corrected chi connectivity index (χ2v) is 12.5. The van der Waals surface area contributed by atoms with Gasteiger partial charge in [0.1, 0.15) is 11.8 Å². The molecule has 1 fully saturated rings. The summed E-state index contributed by atoms with van der Waals surface area (Å²) >= 11 is 0. The minimum atomic E-state index is -0.957. The van der Waals surface area contributed by atoms with Crippen molar-refractivity contribution in [1.82, 2.24) is 5.32 Å². The van der Waals surface area contributed by atoms with Gasteiger partial charge in [-0.1, -0.05) is 103 Å². The van der Waals surface area contributed by atoms with Crippen LogP contribution in [0, 0.1) is 11.8 Å². The molecule has 1 amide bonds. The average molecular weight is 580 g/mol. The molecule has 1 atom stereocenters. The Hall–Kier alpha value is -1.92. The van der Waals surface area contributed by atoms with Gasteiger partial charge in [-0.25, -0.2) is 4.79 Å². The van der Waals surface area contributed by atoms with Crippen LogP contribution >= 0.6 is 0 Å². The number of ketones is 1. The lowest BCUT2D eigenvalue weighted by atomic mass is 9.79. The number of carboxylic acid groups (broad SMARTS) is 2. The molecule has 0 aromatic heterocycles. The van der Waals surface area contributed by atoms with E-state index in [4.69, 9.17) is 5.11 Å². The van der Waals surface area contributed by atoms with Crippen molar-refractivity contribution in [3.8, 4) is 0 Å². The molecule has 1 unspecified atom stereocenters. The van der Waals surface area contributed by atoms with Gasteiger partial charge < -0.3 is 15.5 Å². The van der Waals surface area contributed by atoms with Crippen molar-refractivity contribution in [2.45, 2.75) is 180 Å². The maximum absolute atomic E-state index is 12.5. The van der Waals surface area contributed by atoms with E-state index in [1.54, 1.807) is 0 Å². The van der Waals surface area contributed by atoms with E-state index in [-0.39, 0.29) is 11.8 Å². The monoisotopic (exact) mass is 579 g/mol. The first-order chi connectivity index (χ1) is 19.8. The summed E-state index contributed by atoms with van der Waals surface area (Å²) < 4.78 is 0. The Bertz CT molecular complexity index is 716. The highest BCUT2D eigenvalue weighted by Crippen LogP contribution is 2.32. The van der Waals surface area contributed by atoms with E-state index in [9.17, 15) is 24.3 Å². The number of aliphatic carboxylic acids is 2. The number of Topliss-reactive ketones (excluding diaryl/α,β-unsaturated/α-hetero) is 1. The van der Waals surface area contributed by atoms with Gasteiger partial charge >= 0.3 is 11.9 Å². The number of amides is 1. The van der Waals surface area contributed by atoms with Crippen molar-refractivity contribution in [3.63, 3.8) is 0 Å². The van der Waals surface area contributed by atoms with E-state index in [2.05, 4.69) is 5.32 Å². The van der Waals surface area contributed by atoms with Crippen LogP contribution in [0.5, 0.6) is 0 Å². The van der Waals surface area contributed by atoms with Crippen LogP contribution in [0.1, 0.15) is 174 Å². The maximum atomic E-state index is 12.5. The summed E-state index contributed by atoms with van der Waals surface area (Å²) in [5, 5.41) is 20.6. The van der Waals surface area contributed by atoms with Crippen LogP contribution in [0.25, 0.3) is 0 Å². The molecule has 41 heavy (non-hydrogen) atoms. The van der Waals surface area contributed by atoms with Gasteiger partial charge in [0.05, 0.1) is 0 Å². The molecule has 7 nitrogen and oxygen atoms in total. The standard InChI is InChI=1S/C34H61NO6/c1-2-19-31(34(40)41)35-33(39)29-25-22-28(23-26-29)24-27-30(36)20-17-15-13-11-9-7-5-3-4-6-8-10-12-14-16-18-21-32(37)38/h28-29,31H,2-27H2,1H3,(H,35,39)(H,37,38)(H,40,41). The van der Waals surface area contributed by atoms with Crippen LogP contribution in [0.15, 0.2) is 0 Å². The zero-order valence-electron chi connectivity index (χ0n) is 26.1. The van der Waals surface area contributed by atoms with Crippen molar-refractivity contribution in [2.24, 2.45) is 11.8 Å². The summed E-state index contributed by atoms with van der Waals surface area (Å²) in [5.41, 5.74) is 0. The van der Waals surface area contributed by atoms with Gasteiger partial charge in [-0.3, -0.25) is 14.4 Å². The molecule has 1 saturated carbocycles. The van der Waals surface area contributed by atoms with Gasteiger partial charge in [-0.05, 0) is 57.3 Å². The normalized spacial score (nSPS) is 17.7. The fourth-order valence-corrected chi connectivity index (χ4v) is 6.11.